The molecule has 110 valence electrons. The number of nitrogens with one attached hydrogen (secondary N) is 2. The van der Waals surface area contributed by atoms with Crippen molar-refractivity contribution in [2.45, 2.75) is 6.04 Å². The molecule has 1 unspecified atom stereocenters. The lowest BCUT2D eigenvalue weighted by atomic mass is 10.0. The summed E-state index contributed by atoms with van der Waals surface area (Å²) in [5, 5.41) is 14.7. The fourth-order valence-electron chi connectivity index (χ4n) is 1.91. The molecular weight excluding hydrogens is 290 g/mol. The molecule has 0 radical (unpaired) electrons. The van der Waals surface area contributed by atoms with E-state index in [1.54, 1.807) is 18.3 Å². The van der Waals surface area contributed by atoms with E-state index >= 15 is 0 Å². The first kappa shape index (κ1) is 15.3. The summed E-state index contributed by atoms with van der Waals surface area (Å²) in [5.74, 6) is 0. The molecule has 1 atom stereocenters. The second-order valence-electron chi connectivity index (χ2n) is 4.37. The molecule has 1 heterocycles. The van der Waals surface area contributed by atoms with E-state index in [9.17, 15) is 4.79 Å². The summed E-state index contributed by atoms with van der Waals surface area (Å²) in [6, 6.07) is 12.0. The van der Waals surface area contributed by atoms with Crippen LogP contribution in [0.1, 0.15) is 17.3 Å². The standard InChI is InChI=1S/C15H16ClN3O2/c16-12-5-3-4-11(10-12)14(13-6-1-2-7-17-13)19-15(21)18-8-9-20/h1-7,10,14,20H,8-9H2,(H2,18,19,21). The number of carbonyl (C=O) groups excluding carboxylic acids is 1. The minimum Gasteiger partial charge on any atom is -0.395 e. The number of urea groups is 1. The third kappa shape index (κ3) is 4.44. The van der Waals surface area contributed by atoms with Crippen LogP contribution >= 0.6 is 11.6 Å². The number of hydrogen-bond acceptors (Lipinski definition) is 3. The van der Waals surface area contributed by atoms with Gasteiger partial charge in [-0.05, 0) is 29.8 Å². The van der Waals surface area contributed by atoms with Crippen LogP contribution in [0.2, 0.25) is 5.02 Å². The molecule has 6 heteroatoms. The third-order valence-corrected chi connectivity index (χ3v) is 3.07. The number of hydrogen-bond donors (Lipinski definition) is 3. The monoisotopic (exact) mass is 305 g/mol. The Balaban J connectivity index is 2.25. The van der Waals surface area contributed by atoms with Crippen LogP contribution in [0.15, 0.2) is 48.7 Å². The van der Waals surface area contributed by atoms with Gasteiger partial charge in [-0.2, -0.15) is 0 Å². The largest absolute Gasteiger partial charge is 0.395 e. The molecule has 0 aliphatic carbocycles. The second kappa shape index (κ2) is 7.61. The van der Waals surface area contributed by atoms with Gasteiger partial charge in [0.1, 0.15) is 0 Å². The summed E-state index contributed by atoms with van der Waals surface area (Å²) >= 11 is 6.01. The second-order valence-corrected chi connectivity index (χ2v) is 4.80. The van der Waals surface area contributed by atoms with Crippen molar-refractivity contribution in [2.75, 3.05) is 13.2 Å². The number of aromatic nitrogens is 1. The zero-order chi connectivity index (χ0) is 15.1. The van der Waals surface area contributed by atoms with E-state index in [4.69, 9.17) is 16.7 Å². The van der Waals surface area contributed by atoms with Crippen LogP contribution in [0.4, 0.5) is 4.79 Å². The number of benzene rings is 1. The van der Waals surface area contributed by atoms with Crippen molar-refractivity contribution in [1.82, 2.24) is 15.6 Å². The molecule has 2 aromatic rings. The van der Waals surface area contributed by atoms with E-state index in [2.05, 4.69) is 15.6 Å². The molecule has 3 N–H and O–H groups in total. The van der Waals surface area contributed by atoms with E-state index in [1.807, 2.05) is 30.3 Å². The molecular formula is C15H16ClN3O2. The highest BCUT2D eigenvalue weighted by Gasteiger charge is 2.17. The summed E-state index contributed by atoms with van der Waals surface area (Å²) in [4.78, 5) is 16.1. The first-order valence-corrected chi connectivity index (χ1v) is 6.90. The van der Waals surface area contributed by atoms with Crippen molar-refractivity contribution in [3.05, 3.63) is 64.9 Å². The maximum absolute atomic E-state index is 11.8. The van der Waals surface area contributed by atoms with Gasteiger partial charge in [-0.1, -0.05) is 29.8 Å². The number of carbonyl (C=O) groups is 1. The predicted octanol–water partition coefficient (Wildman–Crippen LogP) is 2.12. The molecule has 0 aliphatic heterocycles. The highest BCUT2D eigenvalue weighted by molar-refractivity contribution is 6.30. The number of aliphatic hydroxyl groups excluding tert-OH is 1. The Morgan fingerprint density at radius 2 is 2.14 bits per heavy atom. The van der Waals surface area contributed by atoms with E-state index in [-0.39, 0.29) is 19.2 Å². The van der Waals surface area contributed by atoms with Gasteiger partial charge >= 0.3 is 6.03 Å². The van der Waals surface area contributed by atoms with Gasteiger partial charge in [-0.15, -0.1) is 0 Å². The van der Waals surface area contributed by atoms with Gasteiger partial charge in [0.05, 0.1) is 18.3 Å². The quantitative estimate of drug-likeness (QED) is 0.792. The molecule has 0 saturated heterocycles. The fourth-order valence-corrected chi connectivity index (χ4v) is 2.11. The summed E-state index contributed by atoms with van der Waals surface area (Å²) in [7, 11) is 0. The lowest BCUT2D eigenvalue weighted by molar-refractivity contribution is 0.232. The molecule has 5 nitrogen and oxygen atoms in total. The number of aliphatic hydroxyl groups is 1. The predicted molar refractivity (Wildman–Crippen MR) is 81.2 cm³/mol. The molecule has 1 aromatic heterocycles. The molecule has 0 aliphatic rings. The first-order valence-electron chi connectivity index (χ1n) is 6.52. The van der Waals surface area contributed by atoms with Crippen LogP contribution < -0.4 is 10.6 Å². The number of pyridine rings is 1. The normalized spacial score (nSPS) is 11.7. The van der Waals surface area contributed by atoms with Crippen LogP contribution in [0.5, 0.6) is 0 Å². The highest BCUT2D eigenvalue weighted by Crippen LogP contribution is 2.22. The smallest absolute Gasteiger partial charge is 0.315 e. The van der Waals surface area contributed by atoms with Crippen molar-refractivity contribution >= 4 is 17.6 Å². The topological polar surface area (TPSA) is 74.2 Å². The molecule has 2 amide bonds. The maximum atomic E-state index is 11.8. The Labute approximate surface area is 128 Å². The minimum absolute atomic E-state index is 0.112. The first-order chi connectivity index (χ1) is 10.2. The molecule has 1 aromatic carbocycles. The maximum Gasteiger partial charge on any atom is 0.315 e. The van der Waals surface area contributed by atoms with Gasteiger partial charge in [0.2, 0.25) is 0 Å². The van der Waals surface area contributed by atoms with Gasteiger partial charge in [0.25, 0.3) is 0 Å². The molecule has 0 saturated carbocycles. The minimum atomic E-state index is -0.413. The Bertz CT molecular complexity index is 592. The van der Waals surface area contributed by atoms with Gasteiger partial charge in [0, 0.05) is 17.8 Å². The number of halogens is 1. The summed E-state index contributed by atoms with van der Waals surface area (Å²) in [6.07, 6.45) is 1.67. The van der Waals surface area contributed by atoms with Crippen LogP contribution in [-0.4, -0.2) is 29.3 Å². The number of amides is 2. The molecule has 2 rings (SSSR count). The van der Waals surface area contributed by atoms with Gasteiger partial charge in [-0.3, -0.25) is 4.98 Å². The Hall–Kier alpha value is -2.11. The highest BCUT2D eigenvalue weighted by atomic mass is 35.5. The SMILES string of the molecule is O=C(NCCO)NC(c1cccc(Cl)c1)c1ccccn1. The Morgan fingerprint density at radius 1 is 1.29 bits per heavy atom. The zero-order valence-electron chi connectivity index (χ0n) is 11.3. The van der Waals surface area contributed by atoms with E-state index in [0.717, 1.165) is 5.56 Å². The lowest BCUT2D eigenvalue weighted by Gasteiger charge is -2.19. The van der Waals surface area contributed by atoms with Crippen LogP contribution in [-0.2, 0) is 0 Å². The van der Waals surface area contributed by atoms with Gasteiger partial charge in [-0.25, -0.2) is 4.79 Å². The molecule has 21 heavy (non-hydrogen) atoms. The van der Waals surface area contributed by atoms with Crippen LogP contribution in [0, 0.1) is 0 Å². The molecule has 0 spiro atoms. The average Bonchev–Trinajstić information content (AvgIpc) is 2.51. The van der Waals surface area contributed by atoms with E-state index in [1.165, 1.54) is 0 Å². The average molecular weight is 306 g/mol. The lowest BCUT2D eigenvalue weighted by Crippen LogP contribution is -2.39. The third-order valence-electron chi connectivity index (χ3n) is 2.84. The van der Waals surface area contributed by atoms with E-state index in [0.29, 0.717) is 10.7 Å². The van der Waals surface area contributed by atoms with Crippen molar-refractivity contribution < 1.29 is 9.90 Å². The van der Waals surface area contributed by atoms with Crippen molar-refractivity contribution in [2.24, 2.45) is 0 Å². The van der Waals surface area contributed by atoms with Crippen molar-refractivity contribution in [1.29, 1.82) is 0 Å². The Kier molecular flexibility index (Phi) is 5.54. The molecule has 0 fully saturated rings. The number of rotatable bonds is 5. The summed E-state index contributed by atoms with van der Waals surface area (Å²) in [6.45, 7) is 0.0785. The summed E-state index contributed by atoms with van der Waals surface area (Å²) in [5.41, 5.74) is 1.54. The molecule has 0 bridgehead atoms. The number of nitrogens with zero attached hydrogens (tertiary/aromatic N) is 1. The summed E-state index contributed by atoms with van der Waals surface area (Å²) < 4.78 is 0. The Morgan fingerprint density at radius 3 is 2.81 bits per heavy atom. The van der Waals surface area contributed by atoms with Crippen molar-refractivity contribution in [3.8, 4) is 0 Å². The zero-order valence-corrected chi connectivity index (χ0v) is 12.0. The van der Waals surface area contributed by atoms with Gasteiger partial charge in [0.15, 0.2) is 0 Å². The van der Waals surface area contributed by atoms with E-state index < -0.39 is 6.04 Å². The van der Waals surface area contributed by atoms with Gasteiger partial charge < -0.3 is 15.7 Å². The van der Waals surface area contributed by atoms with Crippen LogP contribution in [0.25, 0.3) is 0 Å². The van der Waals surface area contributed by atoms with Crippen LogP contribution in [0.3, 0.4) is 0 Å². The van der Waals surface area contributed by atoms with Crippen molar-refractivity contribution in [3.63, 3.8) is 0 Å². The fraction of sp³-hybridized carbons (Fsp3) is 0.200.